The van der Waals surface area contributed by atoms with E-state index < -0.39 is 0 Å². The van der Waals surface area contributed by atoms with Crippen molar-refractivity contribution in [3.05, 3.63) is 0 Å². The summed E-state index contributed by atoms with van der Waals surface area (Å²) in [7, 11) is 0. The molecule has 0 N–H and O–H groups in total. The second-order valence-electron chi connectivity index (χ2n) is 5.61. The Bertz CT molecular complexity index is 173. The molecule has 1 saturated carbocycles. The van der Waals surface area contributed by atoms with Crippen LogP contribution in [0, 0.1) is 35.5 Å². The molecule has 1 aliphatic rings. The second kappa shape index (κ2) is 4.68. The zero-order valence-electron chi connectivity index (χ0n) is 10.9. The lowest BCUT2D eigenvalue weighted by Gasteiger charge is -2.27. The molecule has 0 bridgehead atoms. The largest absolute Gasteiger partial charge is 0.0651 e. The van der Waals surface area contributed by atoms with Crippen molar-refractivity contribution >= 4 is 0 Å². The van der Waals surface area contributed by atoms with Crippen molar-refractivity contribution in [2.75, 3.05) is 0 Å². The maximum absolute atomic E-state index is 2.49. The van der Waals surface area contributed by atoms with Crippen LogP contribution in [-0.4, -0.2) is 0 Å². The van der Waals surface area contributed by atoms with Crippen LogP contribution < -0.4 is 0 Å². The van der Waals surface area contributed by atoms with Crippen molar-refractivity contribution in [3.63, 3.8) is 0 Å². The summed E-state index contributed by atoms with van der Waals surface area (Å²) in [6, 6.07) is 0. The van der Waals surface area contributed by atoms with Crippen LogP contribution in [0.25, 0.3) is 0 Å². The monoisotopic (exact) mass is 196 g/mol. The number of rotatable bonds is 3. The van der Waals surface area contributed by atoms with E-state index in [2.05, 4.69) is 41.5 Å². The molecule has 1 aliphatic carbocycles. The molecule has 0 radical (unpaired) electrons. The first-order chi connectivity index (χ1) is 6.54. The maximum Gasteiger partial charge on any atom is -0.0332 e. The van der Waals surface area contributed by atoms with Gasteiger partial charge in [0.15, 0.2) is 0 Å². The average molecular weight is 196 g/mol. The Morgan fingerprint density at radius 2 is 1.50 bits per heavy atom. The van der Waals surface area contributed by atoms with Gasteiger partial charge in [-0.05, 0) is 35.5 Å². The van der Waals surface area contributed by atoms with Crippen LogP contribution in [0.1, 0.15) is 54.4 Å². The van der Waals surface area contributed by atoms with Gasteiger partial charge < -0.3 is 0 Å². The molecule has 0 aliphatic heterocycles. The predicted octanol–water partition coefficient (Wildman–Crippen LogP) is 4.60. The zero-order valence-corrected chi connectivity index (χ0v) is 10.9. The molecule has 84 valence electrons. The van der Waals surface area contributed by atoms with E-state index in [9.17, 15) is 0 Å². The Hall–Kier alpha value is 0. The smallest absolute Gasteiger partial charge is 0.0332 e. The van der Waals surface area contributed by atoms with Crippen LogP contribution in [0.5, 0.6) is 0 Å². The van der Waals surface area contributed by atoms with E-state index in [1.165, 1.54) is 12.8 Å². The van der Waals surface area contributed by atoms with Crippen molar-refractivity contribution in [2.45, 2.75) is 54.4 Å². The Labute approximate surface area is 90.5 Å². The lowest BCUT2D eigenvalue weighted by Crippen LogP contribution is -2.21. The molecule has 0 saturated heterocycles. The minimum atomic E-state index is 0.916. The zero-order chi connectivity index (χ0) is 10.9. The maximum atomic E-state index is 2.49. The third kappa shape index (κ3) is 1.85. The van der Waals surface area contributed by atoms with Gasteiger partial charge in [0.05, 0.1) is 0 Å². The van der Waals surface area contributed by atoms with Gasteiger partial charge in [-0.15, -0.1) is 0 Å². The summed E-state index contributed by atoms with van der Waals surface area (Å²) < 4.78 is 0. The third-order valence-corrected chi connectivity index (χ3v) is 5.17. The van der Waals surface area contributed by atoms with Gasteiger partial charge in [0.25, 0.3) is 0 Å². The van der Waals surface area contributed by atoms with E-state index in [1.54, 1.807) is 0 Å². The van der Waals surface area contributed by atoms with Crippen LogP contribution in [0.4, 0.5) is 0 Å². The van der Waals surface area contributed by atoms with E-state index in [4.69, 9.17) is 0 Å². The molecule has 0 heteroatoms. The first-order valence-corrected chi connectivity index (χ1v) is 6.54. The standard InChI is InChI=1S/C14H28/c1-7-9(3)14-11(5)10(4)13(8-2)12(14)6/h9-14H,7-8H2,1-6H3. The van der Waals surface area contributed by atoms with Gasteiger partial charge >= 0.3 is 0 Å². The van der Waals surface area contributed by atoms with Gasteiger partial charge in [-0.25, -0.2) is 0 Å². The van der Waals surface area contributed by atoms with Crippen LogP contribution in [0.15, 0.2) is 0 Å². The normalized spacial score (nSPS) is 45.4. The molecule has 0 amide bonds. The third-order valence-electron chi connectivity index (χ3n) is 5.17. The quantitative estimate of drug-likeness (QED) is 0.619. The van der Waals surface area contributed by atoms with Gasteiger partial charge in [-0.1, -0.05) is 54.4 Å². The highest BCUT2D eigenvalue weighted by molar-refractivity contribution is 4.92. The molecule has 0 nitrogen and oxygen atoms in total. The summed E-state index contributed by atoms with van der Waals surface area (Å²) in [6.45, 7) is 14.6. The Kier molecular flexibility index (Phi) is 4.04. The molecule has 1 rings (SSSR count). The van der Waals surface area contributed by atoms with Gasteiger partial charge in [-0.2, -0.15) is 0 Å². The summed E-state index contributed by atoms with van der Waals surface area (Å²) in [5.41, 5.74) is 0. The fourth-order valence-electron chi connectivity index (χ4n) is 4.04. The number of hydrogen-bond donors (Lipinski definition) is 0. The minimum absolute atomic E-state index is 0.916. The molecule has 0 heterocycles. The predicted molar refractivity (Wildman–Crippen MR) is 64.2 cm³/mol. The van der Waals surface area contributed by atoms with Gasteiger partial charge in [0.1, 0.15) is 0 Å². The van der Waals surface area contributed by atoms with Gasteiger partial charge in [-0.3, -0.25) is 0 Å². The van der Waals surface area contributed by atoms with E-state index in [-0.39, 0.29) is 0 Å². The Morgan fingerprint density at radius 1 is 0.929 bits per heavy atom. The molecule has 0 spiro atoms. The van der Waals surface area contributed by atoms with Crippen LogP contribution in [0.2, 0.25) is 0 Å². The average Bonchev–Trinajstić information content (AvgIpc) is 2.38. The summed E-state index contributed by atoms with van der Waals surface area (Å²) in [6.07, 6.45) is 2.72. The minimum Gasteiger partial charge on any atom is -0.0651 e. The SMILES string of the molecule is CCC(C)C1C(C)C(C)C(CC)C1C. The van der Waals surface area contributed by atoms with E-state index in [0.717, 1.165) is 35.5 Å². The highest BCUT2D eigenvalue weighted by Crippen LogP contribution is 2.50. The van der Waals surface area contributed by atoms with Crippen LogP contribution in [0.3, 0.4) is 0 Å². The van der Waals surface area contributed by atoms with Crippen molar-refractivity contribution in [3.8, 4) is 0 Å². The first-order valence-electron chi connectivity index (χ1n) is 6.54. The molecular formula is C14H28. The molecule has 0 aromatic rings. The fraction of sp³-hybridized carbons (Fsp3) is 1.00. The van der Waals surface area contributed by atoms with Gasteiger partial charge in [0.2, 0.25) is 0 Å². The van der Waals surface area contributed by atoms with Crippen molar-refractivity contribution < 1.29 is 0 Å². The summed E-state index contributed by atoms with van der Waals surface area (Å²) in [5, 5.41) is 0. The lowest BCUT2D eigenvalue weighted by molar-refractivity contribution is 0.215. The molecule has 6 atom stereocenters. The summed E-state index contributed by atoms with van der Waals surface area (Å²) in [5.74, 6) is 5.68. The van der Waals surface area contributed by atoms with E-state index in [1.807, 2.05) is 0 Å². The van der Waals surface area contributed by atoms with Crippen LogP contribution >= 0.6 is 0 Å². The highest BCUT2D eigenvalue weighted by Gasteiger charge is 2.44. The van der Waals surface area contributed by atoms with E-state index in [0.29, 0.717) is 0 Å². The molecule has 0 aromatic carbocycles. The molecular weight excluding hydrogens is 168 g/mol. The molecule has 1 fully saturated rings. The fourth-order valence-corrected chi connectivity index (χ4v) is 4.04. The highest BCUT2D eigenvalue weighted by atomic mass is 14.5. The lowest BCUT2D eigenvalue weighted by atomic mass is 9.78. The molecule has 6 unspecified atom stereocenters. The first kappa shape index (κ1) is 12.1. The van der Waals surface area contributed by atoms with Crippen molar-refractivity contribution in [1.29, 1.82) is 0 Å². The topological polar surface area (TPSA) is 0 Å². The van der Waals surface area contributed by atoms with Crippen molar-refractivity contribution in [1.82, 2.24) is 0 Å². The Morgan fingerprint density at radius 3 is 1.86 bits per heavy atom. The summed E-state index contributed by atoms with van der Waals surface area (Å²) >= 11 is 0. The van der Waals surface area contributed by atoms with Gasteiger partial charge in [0, 0.05) is 0 Å². The van der Waals surface area contributed by atoms with Crippen LogP contribution in [-0.2, 0) is 0 Å². The molecule has 0 aromatic heterocycles. The second-order valence-corrected chi connectivity index (χ2v) is 5.61. The Balaban J connectivity index is 2.77. The van der Waals surface area contributed by atoms with Crippen molar-refractivity contribution in [2.24, 2.45) is 35.5 Å². The number of hydrogen-bond acceptors (Lipinski definition) is 0. The molecule has 14 heavy (non-hydrogen) atoms. The summed E-state index contributed by atoms with van der Waals surface area (Å²) in [4.78, 5) is 0. The van der Waals surface area contributed by atoms with E-state index >= 15 is 0 Å².